The Kier molecular flexibility index (Phi) is 7.14. The van der Waals surface area contributed by atoms with Crippen molar-refractivity contribution in [1.29, 1.82) is 0 Å². The standard InChI is InChI=1S/C15H20ClNO5/c1-15(10-21-2,14(19)20)17-13(18)8-5-9-22-12-7-4-3-6-11(12)16/h3-4,6-7H,5,8-10H2,1-2H3,(H,17,18)(H,19,20). The Morgan fingerprint density at radius 2 is 2.05 bits per heavy atom. The van der Waals surface area contributed by atoms with Gasteiger partial charge in [-0.1, -0.05) is 23.7 Å². The SMILES string of the molecule is COCC(C)(NC(=O)CCCOc1ccccc1Cl)C(=O)O. The molecule has 0 saturated heterocycles. The van der Waals surface area contributed by atoms with Crippen LogP contribution in [0.1, 0.15) is 19.8 Å². The van der Waals surface area contributed by atoms with Crippen LogP contribution in [0.15, 0.2) is 24.3 Å². The van der Waals surface area contributed by atoms with E-state index in [1.807, 2.05) is 0 Å². The first-order valence-electron chi connectivity index (χ1n) is 6.80. The molecule has 2 N–H and O–H groups in total. The lowest BCUT2D eigenvalue weighted by atomic mass is 10.0. The summed E-state index contributed by atoms with van der Waals surface area (Å²) in [5.74, 6) is -0.959. The van der Waals surface area contributed by atoms with Gasteiger partial charge in [0.1, 0.15) is 5.75 Å². The molecule has 1 atom stereocenters. The molecule has 0 heterocycles. The fourth-order valence-corrected chi connectivity index (χ4v) is 1.98. The quantitative estimate of drug-likeness (QED) is 0.678. The highest BCUT2D eigenvalue weighted by Crippen LogP contribution is 2.23. The van der Waals surface area contributed by atoms with Crippen molar-refractivity contribution >= 4 is 23.5 Å². The summed E-state index contributed by atoms with van der Waals surface area (Å²) >= 11 is 5.94. The maximum Gasteiger partial charge on any atom is 0.331 e. The van der Waals surface area contributed by atoms with Crippen LogP contribution < -0.4 is 10.1 Å². The highest BCUT2D eigenvalue weighted by atomic mass is 35.5. The van der Waals surface area contributed by atoms with Crippen LogP contribution in [0.3, 0.4) is 0 Å². The van der Waals surface area contributed by atoms with E-state index in [9.17, 15) is 9.59 Å². The normalized spacial score (nSPS) is 13.2. The van der Waals surface area contributed by atoms with Crippen LogP contribution in [0.2, 0.25) is 5.02 Å². The van der Waals surface area contributed by atoms with Crippen LogP contribution in [0.5, 0.6) is 5.75 Å². The zero-order chi connectivity index (χ0) is 16.6. The Balaban J connectivity index is 2.37. The molecule has 1 amide bonds. The highest BCUT2D eigenvalue weighted by Gasteiger charge is 2.34. The van der Waals surface area contributed by atoms with E-state index in [0.717, 1.165) is 0 Å². The summed E-state index contributed by atoms with van der Waals surface area (Å²) in [6.07, 6.45) is 0.594. The molecule has 1 aromatic carbocycles. The van der Waals surface area contributed by atoms with Gasteiger partial charge < -0.3 is 19.9 Å². The van der Waals surface area contributed by atoms with E-state index >= 15 is 0 Å². The molecule has 6 nitrogen and oxygen atoms in total. The van der Waals surface area contributed by atoms with E-state index in [2.05, 4.69) is 5.32 Å². The van der Waals surface area contributed by atoms with E-state index < -0.39 is 11.5 Å². The number of amides is 1. The molecule has 1 aromatic rings. The van der Waals surface area contributed by atoms with Crippen LogP contribution in [0, 0.1) is 0 Å². The van der Waals surface area contributed by atoms with Crippen molar-refractivity contribution in [3.8, 4) is 5.75 Å². The summed E-state index contributed by atoms with van der Waals surface area (Å²) in [6.45, 7) is 1.60. The monoisotopic (exact) mass is 329 g/mol. The van der Waals surface area contributed by atoms with Crippen molar-refractivity contribution in [2.75, 3.05) is 20.3 Å². The summed E-state index contributed by atoms with van der Waals surface area (Å²) in [6, 6.07) is 7.05. The van der Waals surface area contributed by atoms with Gasteiger partial charge in [-0.3, -0.25) is 4.79 Å². The lowest BCUT2D eigenvalue weighted by Crippen LogP contribution is -2.55. The molecular formula is C15H20ClNO5. The number of carboxylic acids is 1. The average Bonchev–Trinajstić information content (AvgIpc) is 2.45. The first-order chi connectivity index (χ1) is 10.4. The smallest absolute Gasteiger partial charge is 0.331 e. The summed E-state index contributed by atoms with van der Waals surface area (Å²) in [7, 11) is 1.38. The highest BCUT2D eigenvalue weighted by molar-refractivity contribution is 6.32. The van der Waals surface area contributed by atoms with Gasteiger partial charge in [0.15, 0.2) is 5.54 Å². The Bertz CT molecular complexity index is 522. The van der Waals surface area contributed by atoms with Gasteiger partial charge in [-0.15, -0.1) is 0 Å². The number of aliphatic carboxylic acids is 1. The maximum atomic E-state index is 11.8. The van der Waals surface area contributed by atoms with Crippen LogP contribution in [0.25, 0.3) is 0 Å². The molecule has 7 heteroatoms. The third kappa shape index (κ3) is 5.54. The number of rotatable bonds is 9. The second kappa shape index (κ2) is 8.60. The fourth-order valence-electron chi connectivity index (χ4n) is 1.79. The Morgan fingerprint density at radius 1 is 1.36 bits per heavy atom. The molecule has 122 valence electrons. The number of halogens is 1. The van der Waals surface area contributed by atoms with E-state index in [-0.39, 0.29) is 18.9 Å². The Morgan fingerprint density at radius 3 is 2.64 bits per heavy atom. The zero-order valence-electron chi connectivity index (χ0n) is 12.6. The van der Waals surface area contributed by atoms with Gasteiger partial charge >= 0.3 is 5.97 Å². The predicted octanol–water partition coefficient (Wildman–Crippen LogP) is 2.10. The summed E-state index contributed by atoms with van der Waals surface area (Å²) < 4.78 is 10.3. The van der Waals surface area contributed by atoms with Gasteiger partial charge in [0.05, 0.1) is 18.2 Å². The molecule has 0 radical (unpaired) electrons. The molecule has 0 spiro atoms. The number of carboxylic acid groups (broad SMARTS) is 1. The minimum absolute atomic E-state index is 0.107. The number of hydrogen-bond donors (Lipinski definition) is 2. The van der Waals surface area contributed by atoms with Crippen LogP contribution >= 0.6 is 11.6 Å². The molecule has 1 rings (SSSR count). The predicted molar refractivity (Wildman–Crippen MR) is 82.2 cm³/mol. The van der Waals surface area contributed by atoms with Crippen molar-refractivity contribution < 1.29 is 24.2 Å². The lowest BCUT2D eigenvalue weighted by molar-refractivity contribution is -0.149. The van der Waals surface area contributed by atoms with Gasteiger partial charge in [0, 0.05) is 13.5 Å². The average molecular weight is 330 g/mol. The summed E-state index contributed by atoms with van der Waals surface area (Å²) in [5.41, 5.74) is -1.44. The largest absolute Gasteiger partial charge is 0.492 e. The maximum absolute atomic E-state index is 11.8. The number of benzene rings is 1. The first kappa shape index (κ1) is 18.3. The van der Waals surface area contributed by atoms with E-state index in [0.29, 0.717) is 23.8 Å². The molecule has 0 aliphatic heterocycles. The third-order valence-electron chi connectivity index (χ3n) is 2.96. The van der Waals surface area contributed by atoms with Gasteiger partial charge in [-0.25, -0.2) is 4.79 Å². The number of carbonyl (C=O) groups is 2. The van der Waals surface area contributed by atoms with Crippen molar-refractivity contribution in [1.82, 2.24) is 5.32 Å². The first-order valence-corrected chi connectivity index (χ1v) is 7.17. The molecular weight excluding hydrogens is 310 g/mol. The van der Waals surface area contributed by atoms with Crippen molar-refractivity contribution in [3.63, 3.8) is 0 Å². The molecule has 22 heavy (non-hydrogen) atoms. The molecule has 1 unspecified atom stereocenters. The van der Waals surface area contributed by atoms with Gasteiger partial charge in [-0.05, 0) is 25.5 Å². The molecule has 0 aliphatic carbocycles. The van der Waals surface area contributed by atoms with Gasteiger partial charge in [0.25, 0.3) is 0 Å². The van der Waals surface area contributed by atoms with E-state index in [1.54, 1.807) is 24.3 Å². The molecule has 0 bridgehead atoms. The van der Waals surface area contributed by atoms with E-state index in [1.165, 1.54) is 14.0 Å². The van der Waals surface area contributed by atoms with Gasteiger partial charge in [-0.2, -0.15) is 0 Å². The minimum Gasteiger partial charge on any atom is -0.492 e. The number of ether oxygens (including phenoxy) is 2. The fraction of sp³-hybridized carbons (Fsp3) is 0.467. The van der Waals surface area contributed by atoms with Crippen LogP contribution in [0.4, 0.5) is 0 Å². The topological polar surface area (TPSA) is 84.9 Å². The van der Waals surface area contributed by atoms with Crippen LogP contribution in [-0.4, -0.2) is 42.8 Å². The molecule has 0 fully saturated rings. The van der Waals surface area contributed by atoms with E-state index in [4.69, 9.17) is 26.2 Å². The van der Waals surface area contributed by atoms with Crippen molar-refractivity contribution in [2.24, 2.45) is 0 Å². The number of para-hydroxylation sites is 1. The summed E-state index contributed by atoms with van der Waals surface area (Å²) in [5, 5.41) is 12.1. The molecule has 0 saturated carbocycles. The van der Waals surface area contributed by atoms with Crippen molar-refractivity contribution in [2.45, 2.75) is 25.3 Å². The van der Waals surface area contributed by atoms with Gasteiger partial charge in [0.2, 0.25) is 5.91 Å². The number of hydrogen-bond acceptors (Lipinski definition) is 4. The minimum atomic E-state index is -1.44. The summed E-state index contributed by atoms with van der Waals surface area (Å²) in [4.78, 5) is 23.0. The van der Waals surface area contributed by atoms with Crippen LogP contribution in [-0.2, 0) is 14.3 Å². The lowest BCUT2D eigenvalue weighted by Gasteiger charge is -2.25. The Hall–Kier alpha value is -1.79. The second-order valence-corrected chi connectivity index (χ2v) is 5.41. The molecule has 0 aromatic heterocycles. The number of carbonyl (C=O) groups excluding carboxylic acids is 1. The number of nitrogens with one attached hydrogen (secondary N) is 1. The third-order valence-corrected chi connectivity index (χ3v) is 3.27. The Labute approximate surface area is 134 Å². The van der Waals surface area contributed by atoms with Crippen molar-refractivity contribution in [3.05, 3.63) is 29.3 Å². The second-order valence-electron chi connectivity index (χ2n) is 5.00. The molecule has 0 aliphatic rings. The number of methoxy groups -OCH3 is 1. The zero-order valence-corrected chi connectivity index (χ0v) is 13.4.